The minimum atomic E-state index is -4.31. The molecule has 0 radical (unpaired) electrons. The van der Waals surface area contributed by atoms with Gasteiger partial charge in [0.1, 0.15) is 18.4 Å². The standard InChI is InChI=1S/C35H37BrFN3O4S/c1-4-26(3)38-35(42)33(22-27-9-6-5-7-10-27)39(23-28-11-8-12-29(36)21-28)34(41)24-40(31-17-13-25(2)14-18-31)45(43,44)32-19-15-30(37)16-20-32/h5-21,26,33H,4,22-24H2,1-3H3,(H,38,42). The van der Waals surface area contributed by atoms with Gasteiger partial charge in [-0.25, -0.2) is 12.8 Å². The molecular weight excluding hydrogens is 657 g/mol. The van der Waals surface area contributed by atoms with E-state index in [2.05, 4.69) is 21.2 Å². The van der Waals surface area contributed by atoms with E-state index in [4.69, 9.17) is 0 Å². The highest BCUT2D eigenvalue weighted by molar-refractivity contribution is 9.10. The van der Waals surface area contributed by atoms with Crippen molar-refractivity contribution < 1.29 is 22.4 Å². The van der Waals surface area contributed by atoms with Crippen molar-refractivity contribution in [1.82, 2.24) is 10.2 Å². The van der Waals surface area contributed by atoms with Crippen molar-refractivity contribution in [3.05, 3.63) is 130 Å². The molecule has 2 unspecified atom stereocenters. The topological polar surface area (TPSA) is 86.8 Å². The number of nitrogens with one attached hydrogen (secondary N) is 1. The summed E-state index contributed by atoms with van der Waals surface area (Å²) in [5.41, 5.74) is 2.79. The minimum Gasteiger partial charge on any atom is -0.352 e. The Morgan fingerprint density at radius 1 is 0.889 bits per heavy atom. The van der Waals surface area contributed by atoms with Crippen molar-refractivity contribution in [2.75, 3.05) is 10.8 Å². The Labute approximate surface area is 273 Å². The van der Waals surface area contributed by atoms with Crippen molar-refractivity contribution in [2.24, 2.45) is 0 Å². The quantitative estimate of drug-likeness (QED) is 0.170. The first-order chi connectivity index (χ1) is 21.5. The Morgan fingerprint density at radius 3 is 2.16 bits per heavy atom. The fourth-order valence-corrected chi connectivity index (χ4v) is 6.66. The Kier molecular flexibility index (Phi) is 11.5. The van der Waals surface area contributed by atoms with E-state index in [1.807, 2.05) is 75.4 Å². The number of aryl methyl sites for hydroxylation is 1. The Bertz CT molecular complexity index is 1700. The second-order valence-electron chi connectivity index (χ2n) is 11.0. The van der Waals surface area contributed by atoms with E-state index in [1.165, 1.54) is 17.0 Å². The van der Waals surface area contributed by atoms with Crippen LogP contribution in [-0.2, 0) is 32.6 Å². The number of amides is 2. The van der Waals surface area contributed by atoms with Crippen LogP contribution in [0.25, 0.3) is 0 Å². The zero-order chi connectivity index (χ0) is 32.6. The van der Waals surface area contributed by atoms with Crippen molar-refractivity contribution in [3.63, 3.8) is 0 Å². The Morgan fingerprint density at radius 2 is 1.53 bits per heavy atom. The van der Waals surface area contributed by atoms with Crippen LogP contribution in [0.3, 0.4) is 0 Å². The van der Waals surface area contributed by atoms with Gasteiger partial charge in [-0.05, 0) is 79.9 Å². The van der Waals surface area contributed by atoms with Crippen molar-refractivity contribution in [3.8, 4) is 0 Å². The van der Waals surface area contributed by atoms with E-state index >= 15 is 0 Å². The lowest BCUT2D eigenvalue weighted by molar-refractivity contribution is -0.140. The van der Waals surface area contributed by atoms with Crippen LogP contribution in [0.1, 0.15) is 37.0 Å². The number of benzene rings is 4. The zero-order valence-electron chi connectivity index (χ0n) is 25.5. The van der Waals surface area contributed by atoms with Gasteiger partial charge in [-0.2, -0.15) is 0 Å². The summed E-state index contributed by atoms with van der Waals surface area (Å²) in [4.78, 5) is 29.6. The van der Waals surface area contributed by atoms with Crippen molar-refractivity contribution in [2.45, 2.75) is 57.1 Å². The van der Waals surface area contributed by atoms with E-state index in [1.54, 1.807) is 24.3 Å². The van der Waals surface area contributed by atoms with Crippen LogP contribution in [0.5, 0.6) is 0 Å². The molecule has 0 aliphatic rings. The summed E-state index contributed by atoms with van der Waals surface area (Å²) in [6, 6.07) is 27.0. The van der Waals surface area contributed by atoms with Crippen LogP contribution in [-0.4, -0.2) is 43.8 Å². The van der Waals surface area contributed by atoms with E-state index in [9.17, 15) is 22.4 Å². The molecular formula is C35H37BrFN3O4S. The molecule has 4 rings (SSSR count). The molecule has 236 valence electrons. The smallest absolute Gasteiger partial charge is 0.264 e. The van der Waals surface area contributed by atoms with E-state index in [0.717, 1.165) is 37.6 Å². The highest BCUT2D eigenvalue weighted by atomic mass is 79.9. The Balaban J connectivity index is 1.80. The van der Waals surface area contributed by atoms with Gasteiger partial charge in [0.2, 0.25) is 11.8 Å². The van der Waals surface area contributed by atoms with Gasteiger partial charge in [-0.15, -0.1) is 0 Å². The number of hydrogen-bond donors (Lipinski definition) is 1. The van der Waals surface area contributed by atoms with Gasteiger partial charge < -0.3 is 10.2 Å². The molecule has 0 fully saturated rings. The zero-order valence-corrected chi connectivity index (χ0v) is 27.9. The van der Waals surface area contributed by atoms with E-state index in [-0.39, 0.29) is 35.5 Å². The molecule has 45 heavy (non-hydrogen) atoms. The first-order valence-electron chi connectivity index (χ1n) is 14.7. The summed E-state index contributed by atoms with van der Waals surface area (Å²) in [5.74, 6) is -1.48. The Hall–Kier alpha value is -4.02. The third kappa shape index (κ3) is 9.02. The summed E-state index contributed by atoms with van der Waals surface area (Å²) < 4.78 is 43.6. The molecule has 2 amide bonds. The van der Waals surface area contributed by atoms with E-state index in [0.29, 0.717) is 6.42 Å². The highest BCUT2D eigenvalue weighted by Crippen LogP contribution is 2.26. The third-order valence-electron chi connectivity index (χ3n) is 7.52. The number of halogens is 2. The largest absolute Gasteiger partial charge is 0.352 e. The number of nitrogens with zero attached hydrogens (tertiary/aromatic N) is 2. The molecule has 0 aromatic heterocycles. The average molecular weight is 695 g/mol. The molecule has 0 saturated carbocycles. The second kappa shape index (κ2) is 15.3. The molecule has 1 N–H and O–H groups in total. The lowest BCUT2D eigenvalue weighted by Gasteiger charge is -2.34. The summed E-state index contributed by atoms with van der Waals surface area (Å²) in [6.45, 7) is 5.20. The second-order valence-corrected chi connectivity index (χ2v) is 13.8. The van der Waals surface area contributed by atoms with Crippen LogP contribution < -0.4 is 9.62 Å². The molecule has 0 aliphatic carbocycles. The predicted octanol–water partition coefficient (Wildman–Crippen LogP) is 6.65. The lowest BCUT2D eigenvalue weighted by atomic mass is 10.0. The van der Waals surface area contributed by atoms with Gasteiger partial charge >= 0.3 is 0 Å². The lowest BCUT2D eigenvalue weighted by Crippen LogP contribution is -2.54. The number of sulfonamides is 1. The molecule has 7 nitrogen and oxygen atoms in total. The molecule has 4 aromatic rings. The first-order valence-corrected chi connectivity index (χ1v) is 16.9. The van der Waals surface area contributed by atoms with Crippen LogP contribution >= 0.6 is 15.9 Å². The SMILES string of the molecule is CCC(C)NC(=O)C(Cc1ccccc1)N(Cc1cccc(Br)c1)C(=O)CN(c1ccc(C)cc1)S(=O)(=O)c1ccc(F)cc1. The monoisotopic (exact) mass is 693 g/mol. The highest BCUT2D eigenvalue weighted by Gasteiger charge is 2.35. The van der Waals surface area contributed by atoms with Gasteiger partial charge in [-0.1, -0.05) is 83.0 Å². The molecule has 2 atom stereocenters. The number of rotatable bonds is 13. The maximum atomic E-state index is 14.5. The van der Waals surface area contributed by atoms with Gasteiger partial charge in [0.25, 0.3) is 10.0 Å². The van der Waals surface area contributed by atoms with Gasteiger partial charge in [0.15, 0.2) is 0 Å². The maximum absolute atomic E-state index is 14.5. The molecule has 10 heteroatoms. The average Bonchev–Trinajstić information content (AvgIpc) is 3.02. The van der Waals surface area contributed by atoms with E-state index < -0.39 is 34.3 Å². The van der Waals surface area contributed by atoms with Gasteiger partial charge in [0, 0.05) is 23.5 Å². The summed E-state index contributed by atoms with van der Waals surface area (Å²) >= 11 is 3.49. The summed E-state index contributed by atoms with van der Waals surface area (Å²) in [5, 5.41) is 3.03. The fourth-order valence-electron chi connectivity index (χ4n) is 4.80. The van der Waals surface area contributed by atoms with Crippen LogP contribution in [0, 0.1) is 12.7 Å². The third-order valence-corrected chi connectivity index (χ3v) is 9.80. The minimum absolute atomic E-state index is 0.0576. The van der Waals surface area contributed by atoms with Gasteiger partial charge in [-0.3, -0.25) is 13.9 Å². The summed E-state index contributed by atoms with van der Waals surface area (Å²) in [7, 11) is -4.31. The predicted molar refractivity (Wildman–Crippen MR) is 179 cm³/mol. The summed E-state index contributed by atoms with van der Waals surface area (Å²) in [6.07, 6.45) is 0.915. The van der Waals surface area contributed by atoms with Crippen LogP contribution in [0.4, 0.5) is 10.1 Å². The van der Waals surface area contributed by atoms with Crippen molar-refractivity contribution in [1.29, 1.82) is 0 Å². The van der Waals surface area contributed by atoms with Crippen molar-refractivity contribution >= 4 is 43.5 Å². The maximum Gasteiger partial charge on any atom is 0.264 e. The number of carbonyl (C=O) groups excluding carboxylic acids is 2. The molecule has 0 saturated heterocycles. The molecule has 0 aliphatic heterocycles. The molecule has 4 aromatic carbocycles. The normalized spacial score (nSPS) is 12.6. The number of carbonyl (C=O) groups is 2. The molecule has 0 spiro atoms. The van der Waals surface area contributed by atoms with Crippen LogP contribution in [0.15, 0.2) is 112 Å². The van der Waals surface area contributed by atoms with Gasteiger partial charge in [0.05, 0.1) is 10.6 Å². The number of hydrogen-bond acceptors (Lipinski definition) is 4. The fraction of sp³-hybridized carbons (Fsp3) is 0.257. The molecule has 0 heterocycles. The first kappa shape index (κ1) is 33.9. The van der Waals surface area contributed by atoms with Crippen LogP contribution in [0.2, 0.25) is 0 Å². The number of anilines is 1. The molecule has 0 bridgehead atoms.